The fourth-order valence-corrected chi connectivity index (χ4v) is 2.40. The summed E-state index contributed by atoms with van der Waals surface area (Å²) >= 11 is 5.90. The Kier molecular flexibility index (Phi) is 6.63. The van der Waals surface area contributed by atoms with Gasteiger partial charge in [-0.1, -0.05) is 44.5 Å². The van der Waals surface area contributed by atoms with Crippen LogP contribution in [0, 0.1) is 5.41 Å². The number of aliphatic hydroxyl groups is 1. The third-order valence-electron chi connectivity index (χ3n) is 4.03. The topological polar surface area (TPSA) is 50.9 Å². The summed E-state index contributed by atoms with van der Waals surface area (Å²) < 4.78 is 1.69. The maximum Gasteiger partial charge on any atom is 0.137 e. The first-order chi connectivity index (χ1) is 9.80. The smallest absolute Gasteiger partial charge is 0.137 e. The first kappa shape index (κ1) is 19.2. The van der Waals surface area contributed by atoms with Gasteiger partial charge in [-0.05, 0) is 36.0 Å². The van der Waals surface area contributed by atoms with Crippen LogP contribution in [-0.4, -0.2) is 25.5 Å². The van der Waals surface area contributed by atoms with Crippen LogP contribution in [0.4, 0.5) is 0 Å². The maximum absolute atomic E-state index is 11.1. The van der Waals surface area contributed by atoms with E-state index in [0.29, 0.717) is 13.0 Å². The van der Waals surface area contributed by atoms with Crippen molar-refractivity contribution in [2.45, 2.75) is 45.8 Å². The molecule has 22 heavy (non-hydrogen) atoms. The Labute approximate surface area is 147 Å². The van der Waals surface area contributed by atoms with E-state index < -0.39 is 5.60 Å². The van der Waals surface area contributed by atoms with Crippen molar-refractivity contribution in [3.63, 3.8) is 0 Å². The van der Waals surface area contributed by atoms with Gasteiger partial charge in [0.1, 0.15) is 12.7 Å². The molecule has 0 aliphatic rings. The zero-order valence-electron chi connectivity index (χ0n) is 13.1. The second-order valence-corrected chi connectivity index (χ2v) is 6.94. The fraction of sp³-hybridized carbons (Fsp3) is 0.500. The summed E-state index contributed by atoms with van der Waals surface area (Å²) in [5.41, 5.74) is 0.0479. The third kappa shape index (κ3) is 4.82. The van der Waals surface area contributed by atoms with E-state index in [9.17, 15) is 5.11 Å². The van der Waals surface area contributed by atoms with Crippen LogP contribution in [0.5, 0.6) is 0 Å². The molecule has 6 heteroatoms. The molecule has 0 bridgehead atoms. The van der Waals surface area contributed by atoms with Gasteiger partial charge in [-0.25, -0.2) is 4.98 Å². The Morgan fingerprint density at radius 2 is 1.82 bits per heavy atom. The second-order valence-electron chi connectivity index (χ2n) is 6.50. The molecule has 125 valence electrons. The van der Waals surface area contributed by atoms with E-state index in [1.54, 1.807) is 11.0 Å². The molecule has 0 amide bonds. The summed E-state index contributed by atoms with van der Waals surface area (Å²) in [7, 11) is 0. The Balaban J connectivity index is 0.00000242. The molecule has 0 aliphatic carbocycles. The summed E-state index contributed by atoms with van der Waals surface area (Å²) in [5.74, 6) is 0. The van der Waals surface area contributed by atoms with E-state index in [1.807, 2.05) is 45.0 Å². The summed E-state index contributed by atoms with van der Waals surface area (Å²) in [5, 5.41) is 16.0. The molecule has 1 heterocycles. The quantitative estimate of drug-likeness (QED) is 0.821. The van der Waals surface area contributed by atoms with Gasteiger partial charge < -0.3 is 5.11 Å². The number of hydrogen-bond donors (Lipinski definition) is 1. The molecule has 1 unspecified atom stereocenters. The normalized spacial score (nSPS) is 14.2. The van der Waals surface area contributed by atoms with E-state index in [4.69, 9.17) is 11.6 Å². The monoisotopic (exact) mass is 370 g/mol. The van der Waals surface area contributed by atoms with Crippen molar-refractivity contribution in [1.29, 1.82) is 0 Å². The molecule has 1 atom stereocenters. The third-order valence-corrected chi connectivity index (χ3v) is 4.28. The van der Waals surface area contributed by atoms with Gasteiger partial charge in [0.2, 0.25) is 0 Å². The largest absolute Gasteiger partial charge is 0.387 e. The number of hydrogen-bond acceptors (Lipinski definition) is 3. The molecule has 1 radical (unpaired) electrons. The van der Waals surface area contributed by atoms with E-state index in [1.165, 1.54) is 11.9 Å². The molecule has 2 rings (SSSR count). The minimum absolute atomic E-state index is 0. The van der Waals surface area contributed by atoms with Gasteiger partial charge in [0.15, 0.2) is 0 Å². The molecule has 2 aromatic rings. The molecular formula is C16H22ClCuN3O. The number of aromatic nitrogens is 3. The van der Waals surface area contributed by atoms with Crippen molar-refractivity contribution in [3.8, 4) is 0 Å². The molecular weight excluding hydrogens is 349 g/mol. The zero-order chi connectivity index (χ0) is 15.5. The van der Waals surface area contributed by atoms with Crippen LogP contribution >= 0.6 is 11.6 Å². The number of aryl methyl sites for hydroxylation is 1. The minimum atomic E-state index is -0.861. The van der Waals surface area contributed by atoms with Gasteiger partial charge in [0.05, 0.1) is 12.1 Å². The molecule has 0 fully saturated rings. The predicted octanol–water partition coefficient (Wildman–Crippen LogP) is 3.34. The number of benzene rings is 1. The van der Waals surface area contributed by atoms with E-state index in [-0.39, 0.29) is 22.5 Å². The van der Waals surface area contributed by atoms with Crippen LogP contribution in [0.15, 0.2) is 36.9 Å². The van der Waals surface area contributed by atoms with Crippen LogP contribution in [0.25, 0.3) is 0 Å². The summed E-state index contributed by atoms with van der Waals surface area (Å²) in [6.07, 6.45) is 4.57. The average molecular weight is 371 g/mol. The van der Waals surface area contributed by atoms with E-state index in [2.05, 4.69) is 10.1 Å². The number of halogens is 1. The number of rotatable bonds is 5. The van der Waals surface area contributed by atoms with Crippen LogP contribution in [0.1, 0.15) is 32.8 Å². The van der Waals surface area contributed by atoms with Gasteiger partial charge in [0, 0.05) is 22.1 Å². The van der Waals surface area contributed by atoms with Gasteiger partial charge in [-0.2, -0.15) is 5.10 Å². The fourth-order valence-electron chi connectivity index (χ4n) is 2.28. The molecule has 1 N–H and O–H groups in total. The SMILES string of the molecule is CC(C)(C)C(O)(CCc1ccc(Cl)cc1)Cn1cncn1.[Cu]. The Morgan fingerprint density at radius 1 is 1.18 bits per heavy atom. The standard InChI is InChI=1S/C16H22ClN3O.Cu/c1-15(2,3)16(21,10-20-12-18-11-19-20)9-8-13-4-6-14(17)7-5-13;/h4-7,11-12,21H,8-10H2,1-3H3;. The van der Waals surface area contributed by atoms with Crippen molar-refractivity contribution in [3.05, 3.63) is 47.5 Å². The molecule has 0 aliphatic heterocycles. The summed E-state index contributed by atoms with van der Waals surface area (Å²) in [6.45, 7) is 6.58. The van der Waals surface area contributed by atoms with E-state index in [0.717, 1.165) is 11.4 Å². The van der Waals surface area contributed by atoms with Gasteiger partial charge >= 0.3 is 0 Å². The molecule has 0 saturated carbocycles. The predicted molar refractivity (Wildman–Crippen MR) is 84.2 cm³/mol. The van der Waals surface area contributed by atoms with Crippen molar-refractivity contribution in [1.82, 2.24) is 14.8 Å². The molecule has 1 aromatic carbocycles. The summed E-state index contributed by atoms with van der Waals surface area (Å²) in [6, 6.07) is 7.76. The minimum Gasteiger partial charge on any atom is -0.387 e. The Hall–Kier alpha value is -0.871. The van der Waals surface area contributed by atoms with Crippen LogP contribution < -0.4 is 0 Å². The molecule has 1 aromatic heterocycles. The zero-order valence-corrected chi connectivity index (χ0v) is 14.8. The molecule has 0 saturated heterocycles. The first-order valence-electron chi connectivity index (χ1n) is 7.09. The average Bonchev–Trinajstić information content (AvgIpc) is 2.89. The second kappa shape index (κ2) is 7.60. The number of nitrogens with zero attached hydrogens (tertiary/aromatic N) is 3. The van der Waals surface area contributed by atoms with Crippen molar-refractivity contribution >= 4 is 11.6 Å². The van der Waals surface area contributed by atoms with Crippen LogP contribution in [-0.2, 0) is 30.0 Å². The molecule has 4 nitrogen and oxygen atoms in total. The van der Waals surface area contributed by atoms with Crippen LogP contribution in [0.2, 0.25) is 5.02 Å². The Bertz CT molecular complexity index is 566. The molecule has 0 spiro atoms. The van der Waals surface area contributed by atoms with Gasteiger partial charge in [-0.3, -0.25) is 4.68 Å². The Morgan fingerprint density at radius 3 is 2.32 bits per heavy atom. The van der Waals surface area contributed by atoms with Crippen LogP contribution in [0.3, 0.4) is 0 Å². The maximum atomic E-state index is 11.1. The van der Waals surface area contributed by atoms with Crippen molar-refractivity contribution in [2.75, 3.05) is 0 Å². The van der Waals surface area contributed by atoms with Gasteiger partial charge in [0.25, 0.3) is 0 Å². The van der Waals surface area contributed by atoms with Gasteiger partial charge in [-0.15, -0.1) is 0 Å². The first-order valence-corrected chi connectivity index (χ1v) is 7.47. The van der Waals surface area contributed by atoms with E-state index >= 15 is 0 Å². The summed E-state index contributed by atoms with van der Waals surface area (Å²) in [4.78, 5) is 3.94. The van der Waals surface area contributed by atoms with Crippen molar-refractivity contribution < 1.29 is 22.2 Å². The van der Waals surface area contributed by atoms with Crippen molar-refractivity contribution in [2.24, 2.45) is 5.41 Å².